The van der Waals surface area contributed by atoms with Crippen molar-refractivity contribution in [3.05, 3.63) is 75.6 Å². The number of aromatic nitrogens is 2. The van der Waals surface area contributed by atoms with Gasteiger partial charge in [-0.2, -0.15) is 4.98 Å². The van der Waals surface area contributed by atoms with Gasteiger partial charge in [0, 0.05) is 13.0 Å². The number of thiazole rings is 1. The van der Waals surface area contributed by atoms with Crippen LogP contribution in [0.3, 0.4) is 0 Å². The fraction of sp³-hybridized carbons (Fsp3) is 0.111. The Morgan fingerprint density at radius 3 is 2.67 bits per heavy atom. The number of hydrogen-bond donors (Lipinski definition) is 2. The van der Waals surface area contributed by atoms with Crippen LogP contribution in [0.2, 0.25) is 0 Å². The summed E-state index contributed by atoms with van der Waals surface area (Å²) in [7, 11) is 0. The summed E-state index contributed by atoms with van der Waals surface area (Å²) >= 11 is 1.37. The molecule has 0 spiro atoms. The third-order valence-corrected chi connectivity index (χ3v) is 5.05. The Kier molecular flexibility index (Phi) is 3.55. The maximum Gasteiger partial charge on any atom is 0.266 e. The predicted molar refractivity (Wildman–Crippen MR) is 95.6 cm³/mol. The number of nitrogens with zero attached hydrogens (tertiary/aromatic N) is 2. The molecule has 4 rings (SSSR count). The Hall–Kier alpha value is -2.70. The van der Waals surface area contributed by atoms with Crippen molar-refractivity contribution in [2.24, 2.45) is 5.73 Å². The number of rotatable bonds is 3. The third kappa shape index (κ3) is 2.36. The first kappa shape index (κ1) is 14.9. The van der Waals surface area contributed by atoms with Crippen molar-refractivity contribution in [1.29, 1.82) is 0 Å². The van der Waals surface area contributed by atoms with Crippen molar-refractivity contribution in [2.45, 2.75) is 13.0 Å². The zero-order valence-corrected chi connectivity index (χ0v) is 13.6. The van der Waals surface area contributed by atoms with Gasteiger partial charge in [-0.25, -0.2) is 0 Å². The van der Waals surface area contributed by atoms with E-state index in [1.807, 2.05) is 48.5 Å². The third-order valence-electron chi connectivity index (χ3n) is 4.05. The van der Waals surface area contributed by atoms with Crippen LogP contribution in [0.15, 0.2) is 53.3 Å². The molecule has 0 fully saturated rings. The summed E-state index contributed by atoms with van der Waals surface area (Å²) in [5, 5.41) is 10.2. The minimum atomic E-state index is -0.229. The van der Waals surface area contributed by atoms with Gasteiger partial charge in [0.1, 0.15) is 0 Å². The highest BCUT2D eigenvalue weighted by Gasteiger charge is 2.16. The molecule has 0 aliphatic rings. The molecule has 2 heterocycles. The molecule has 0 atom stereocenters. The summed E-state index contributed by atoms with van der Waals surface area (Å²) in [5.74, 6) is -0.200. The maximum atomic E-state index is 12.9. The summed E-state index contributed by atoms with van der Waals surface area (Å²) in [6.45, 7) is 0.441. The Morgan fingerprint density at radius 2 is 1.92 bits per heavy atom. The van der Waals surface area contributed by atoms with Gasteiger partial charge < -0.3 is 10.8 Å². The van der Waals surface area contributed by atoms with Crippen molar-refractivity contribution < 1.29 is 5.11 Å². The average molecular weight is 337 g/mol. The lowest BCUT2D eigenvalue weighted by molar-refractivity contribution is 0.447. The minimum Gasteiger partial charge on any atom is -0.493 e. The molecule has 0 amide bonds. The van der Waals surface area contributed by atoms with Gasteiger partial charge in [-0.15, -0.1) is 0 Å². The molecule has 5 nitrogen and oxygen atoms in total. The molecule has 3 N–H and O–H groups in total. The number of fused-ring (bicyclic) bond motifs is 3. The van der Waals surface area contributed by atoms with E-state index in [4.69, 9.17) is 5.73 Å². The highest BCUT2D eigenvalue weighted by atomic mass is 32.1. The van der Waals surface area contributed by atoms with Gasteiger partial charge in [-0.3, -0.25) is 9.20 Å². The van der Waals surface area contributed by atoms with Crippen LogP contribution in [0.25, 0.3) is 15.2 Å². The topological polar surface area (TPSA) is 80.6 Å². The van der Waals surface area contributed by atoms with Gasteiger partial charge in [-0.05, 0) is 23.3 Å². The molecule has 0 bridgehead atoms. The highest BCUT2D eigenvalue weighted by Crippen LogP contribution is 2.27. The van der Waals surface area contributed by atoms with E-state index in [9.17, 15) is 9.90 Å². The zero-order chi connectivity index (χ0) is 16.7. The van der Waals surface area contributed by atoms with Crippen molar-refractivity contribution in [3.8, 4) is 5.88 Å². The molecule has 2 aromatic carbocycles. The summed E-state index contributed by atoms with van der Waals surface area (Å²) in [6.07, 6.45) is 0.347. The molecule has 0 aliphatic heterocycles. The maximum absolute atomic E-state index is 12.9. The second-order valence-corrected chi connectivity index (χ2v) is 6.62. The number of hydrogen-bond acceptors (Lipinski definition) is 5. The Morgan fingerprint density at radius 1 is 1.12 bits per heavy atom. The van der Waals surface area contributed by atoms with Crippen LogP contribution in [-0.2, 0) is 13.0 Å². The zero-order valence-electron chi connectivity index (χ0n) is 12.8. The molecule has 0 saturated heterocycles. The summed E-state index contributed by atoms with van der Waals surface area (Å²) in [6, 6.07) is 15.3. The molecule has 120 valence electrons. The number of benzene rings is 2. The monoisotopic (exact) mass is 337 g/mol. The second-order valence-electron chi connectivity index (χ2n) is 5.61. The van der Waals surface area contributed by atoms with Crippen molar-refractivity contribution >= 4 is 26.5 Å². The van der Waals surface area contributed by atoms with Crippen molar-refractivity contribution in [2.75, 3.05) is 0 Å². The molecule has 24 heavy (non-hydrogen) atoms. The largest absolute Gasteiger partial charge is 0.493 e. The Balaban J connectivity index is 1.95. The van der Waals surface area contributed by atoms with Gasteiger partial charge in [0.25, 0.3) is 5.56 Å². The van der Waals surface area contributed by atoms with Gasteiger partial charge in [-0.1, -0.05) is 47.7 Å². The van der Waals surface area contributed by atoms with Crippen LogP contribution in [0, 0.1) is 0 Å². The van der Waals surface area contributed by atoms with E-state index < -0.39 is 0 Å². The van der Waals surface area contributed by atoms with Crippen molar-refractivity contribution in [3.63, 3.8) is 0 Å². The van der Waals surface area contributed by atoms with Crippen LogP contribution < -0.4 is 11.3 Å². The smallest absolute Gasteiger partial charge is 0.266 e. The van der Waals surface area contributed by atoms with E-state index in [-0.39, 0.29) is 11.4 Å². The van der Waals surface area contributed by atoms with Crippen LogP contribution in [0.1, 0.15) is 16.7 Å². The van der Waals surface area contributed by atoms with E-state index in [1.165, 1.54) is 11.3 Å². The Bertz CT molecular complexity index is 1100. The fourth-order valence-corrected chi connectivity index (χ4v) is 3.89. The number of aromatic hydroxyl groups is 1. The summed E-state index contributed by atoms with van der Waals surface area (Å²) < 4.78 is 2.50. The lowest BCUT2D eigenvalue weighted by atomic mass is 10.1. The molecule has 4 aromatic rings. The van der Waals surface area contributed by atoms with Crippen LogP contribution in [0.4, 0.5) is 0 Å². The molecule has 2 aromatic heterocycles. The lowest BCUT2D eigenvalue weighted by Crippen LogP contribution is -2.19. The second kappa shape index (κ2) is 5.74. The molecule has 0 unspecified atom stereocenters. The van der Waals surface area contributed by atoms with E-state index in [0.29, 0.717) is 23.5 Å². The molecule has 0 aliphatic carbocycles. The van der Waals surface area contributed by atoms with Crippen LogP contribution >= 0.6 is 11.3 Å². The quantitative estimate of drug-likeness (QED) is 0.602. The molecular weight excluding hydrogens is 322 g/mol. The predicted octanol–water partition coefficient (Wildman–Crippen LogP) is 2.66. The van der Waals surface area contributed by atoms with Crippen molar-refractivity contribution in [1.82, 2.24) is 9.38 Å². The summed E-state index contributed by atoms with van der Waals surface area (Å²) in [4.78, 5) is 17.6. The average Bonchev–Trinajstić information content (AvgIpc) is 2.96. The van der Waals surface area contributed by atoms with Gasteiger partial charge in [0.05, 0.1) is 15.8 Å². The van der Waals surface area contributed by atoms with Crippen LogP contribution in [-0.4, -0.2) is 14.5 Å². The first-order chi connectivity index (χ1) is 11.7. The van der Waals surface area contributed by atoms with E-state index >= 15 is 0 Å². The summed E-state index contributed by atoms with van der Waals surface area (Å²) in [5.41, 5.74) is 8.50. The molecule has 6 heteroatoms. The van der Waals surface area contributed by atoms with Gasteiger partial charge in [0.2, 0.25) is 10.8 Å². The molecule has 0 radical (unpaired) electrons. The standard InChI is InChI=1S/C18H15N3O2S/c19-10-12-6-7-14-15(9-12)24-18-20-16(22)13(17(23)21(14)18)8-11-4-2-1-3-5-11/h1-7,9,22H,8,10,19H2. The van der Waals surface area contributed by atoms with E-state index in [0.717, 1.165) is 21.3 Å². The highest BCUT2D eigenvalue weighted by molar-refractivity contribution is 7.23. The molecular formula is C18H15N3O2S. The fourth-order valence-electron chi connectivity index (χ4n) is 2.81. The lowest BCUT2D eigenvalue weighted by Gasteiger charge is -2.05. The SMILES string of the molecule is NCc1ccc2c(c1)sc1nc(O)c(Cc3ccccc3)c(=O)n12. The minimum absolute atomic E-state index is 0.200. The van der Waals surface area contributed by atoms with E-state index in [1.54, 1.807) is 4.40 Å². The Labute approximate surface area is 141 Å². The molecule has 0 saturated carbocycles. The number of nitrogens with two attached hydrogens (primary N) is 1. The first-order valence-corrected chi connectivity index (χ1v) is 8.39. The van der Waals surface area contributed by atoms with Gasteiger partial charge >= 0.3 is 0 Å². The van der Waals surface area contributed by atoms with Crippen LogP contribution in [0.5, 0.6) is 5.88 Å². The van der Waals surface area contributed by atoms with Gasteiger partial charge in [0.15, 0.2) is 0 Å². The van der Waals surface area contributed by atoms with E-state index in [2.05, 4.69) is 4.98 Å². The normalized spacial score (nSPS) is 11.4. The first-order valence-electron chi connectivity index (χ1n) is 7.57.